The van der Waals surface area contributed by atoms with Gasteiger partial charge in [-0.25, -0.2) is 9.13 Å². The van der Waals surface area contributed by atoms with Crippen LogP contribution in [0.4, 0.5) is 0 Å². The van der Waals surface area contributed by atoms with E-state index in [-0.39, 0.29) is 25.7 Å². The van der Waals surface area contributed by atoms with E-state index in [1.165, 1.54) is 231 Å². The zero-order valence-corrected chi connectivity index (χ0v) is 68.2. The lowest BCUT2D eigenvalue weighted by Gasteiger charge is -2.21. The molecule has 600 valence electrons. The first-order valence-electron chi connectivity index (χ1n) is 42.4. The molecule has 0 fully saturated rings. The van der Waals surface area contributed by atoms with Gasteiger partial charge in [0.2, 0.25) is 0 Å². The van der Waals surface area contributed by atoms with Crippen LogP contribution in [0.2, 0.25) is 0 Å². The van der Waals surface area contributed by atoms with Crippen LogP contribution >= 0.6 is 15.6 Å². The fourth-order valence-electron chi connectivity index (χ4n) is 12.6. The second-order valence-corrected chi connectivity index (χ2v) is 33.4. The van der Waals surface area contributed by atoms with E-state index in [0.717, 1.165) is 114 Å². The van der Waals surface area contributed by atoms with Gasteiger partial charge in [-0.05, 0) is 43.4 Å². The Hall–Kier alpha value is -1.94. The summed E-state index contributed by atoms with van der Waals surface area (Å²) in [6, 6.07) is 0. The van der Waals surface area contributed by atoms with Gasteiger partial charge in [0.05, 0.1) is 26.4 Å². The largest absolute Gasteiger partial charge is 0.472 e. The van der Waals surface area contributed by atoms with Crippen molar-refractivity contribution in [3.8, 4) is 0 Å². The Kier molecular flexibility index (Phi) is 70.9. The number of hydrogen-bond donors (Lipinski definition) is 3. The number of unbranched alkanes of at least 4 members (excludes halogenated alkanes) is 46. The third-order valence-corrected chi connectivity index (χ3v) is 21.8. The normalized spacial score (nSPS) is 14.5. The molecular formula is C82H160O17P2. The van der Waals surface area contributed by atoms with Crippen molar-refractivity contribution < 1.29 is 80.2 Å². The molecular weight excluding hydrogens is 1320 g/mol. The minimum Gasteiger partial charge on any atom is -0.462 e. The van der Waals surface area contributed by atoms with Crippen molar-refractivity contribution in [2.24, 2.45) is 17.8 Å². The number of carbonyl (C=O) groups excluding carboxylic acids is 4. The lowest BCUT2D eigenvalue weighted by molar-refractivity contribution is -0.161. The Morgan fingerprint density at radius 1 is 0.287 bits per heavy atom. The Labute approximate surface area is 619 Å². The van der Waals surface area contributed by atoms with E-state index >= 15 is 0 Å². The van der Waals surface area contributed by atoms with Crippen LogP contribution in [0, 0.1) is 17.8 Å². The van der Waals surface area contributed by atoms with Crippen molar-refractivity contribution in [2.75, 3.05) is 39.6 Å². The highest BCUT2D eigenvalue weighted by Crippen LogP contribution is 2.45. The summed E-state index contributed by atoms with van der Waals surface area (Å²) in [5.41, 5.74) is 0. The molecule has 0 spiro atoms. The molecule has 7 atom stereocenters. The highest BCUT2D eigenvalue weighted by atomic mass is 31.2. The average molecular weight is 1480 g/mol. The summed E-state index contributed by atoms with van der Waals surface area (Å²) in [7, 11) is -9.92. The molecule has 0 aliphatic carbocycles. The predicted molar refractivity (Wildman–Crippen MR) is 414 cm³/mol. The standard InChI is InChI=1S/C82H160O17P2/c1-8-11-12-13-14-15-16-17-18-19-20-21-22-23-24-25-30-33-36-42-51-58-65-81(86)98-77(69-92-79(84)63-56-49-41-35-32-29-27-26-28-31-34-40-47-54-61-74(6)9-2)71-96-100(88,89)94-67-76(83)68-95-101(90,91)97-72-78(70-93-80(85)64-57-50-45-44-48-55-62-75(7)10-3)99-82(87)66-59-52-43-38-37-39-46-53-60-73(4)5/h73-78,83H,8-72H2,1-7H3,(H,88,89)(H,90,91)/t74?,75?,76-,77-,78-/m1/s1. The first-order valence-corrected chi connectivity index (χ1v) is 45.4. The third kappa shape index (κ3) is 73.4. The number of phosphoric ester groups is 2. The van der Waals surface area contributed by atoms with Gasteiger partial charge in [0, 0.05) is 25.7 Å². The molecule has 0 aliphatic heterocycles. The van der Waals surface area contributed by atoms with E-state index in [1.54, 1.807) is 0 Å². The molecule has 0 bridgehead atoms. The average Bonchev–Trinajstić information content (AvgIpc) is 0.917. The van der Waals surface area contributed by atoms with Crippen molar-refractivity contribution >= 4 is 39.5 Å². The first kappa shape index (κ1) is 99.1. The zero-order chi connectivity index (χ0) is 74.4. The maximum atomic E-state index is 13.1. The molecule has 0 aromatic carbocycles. The molecule has 0 heterocycles. The van der Waals surface area contributed by atoms with Crippen LogP contribution in [-0.4, -0.2) is 96.7 Å². The number of hydrogen-bond acceptors (Lipinski definition) is 15. The molecule has 0 saturated carbocycles. The third-order valence-electron chi connectivity index (χ3n) is 19.9. The van der Waals surface area contributed by atoms with Crippen LogP contribution in [-0.2, 0) is 65.4 Å². The van der Waals surface area contributed by atoms with Crippen molar-refractivity contribution in [1.29, 1.82) is 0 Å². The van der Waals surface area contributed by atoms with Crippen LogP contribution in [0.5, 0.6) is 0 Å². The number of aliphatic hydroxyl groups is 1. The van der Waals surface area contributed by atoms with Gasteiger partial charge >= 0.3 is 39.5 Å². The van der Waals surface area contributed by atoms with Crippen molar-refractivity contribution in [3.05, 3.63) is 0 Å². The van der Waals surface area contributed by atoms with E-state index < -0.39 is 97.5 Å². The fraction of sp³-hybridized carbons (Fsp3) is 0.951. The summed E-state index contributed by atoms with van der Waals surface area (Å²) >= 11 is 0. The summed E-state index contributed by atoms with van der Waals surface area (Å²) < 4.78 is 68.7. The molecule has 0 aromatic rings. The number of rotatable bonds is 80. The molecule has 0 aromatic heterocycles. The van der Waals surface area contributed by atoms with Gasteiger partial charge in [0.15, 0.2) is 12.2 Å². The van der Waals surface area contributed by atoms with Gasteiger partial charge < -0.3 is 33.8 Å². The fourth-order valence-corrected chi connectivity index (χ4v) is 14.2. The van der Waals surface area contributed by atoms with Gasteiger partial charge in [-0.2, -0.15) is 0 Å². The summed E-state index contributed by atoms with van der Waals surface area (Å²) in [6.07, 6.45) is 61.3. The highest BCUT2D eigenvalue weighted by Gasteiger charge is 2.30. The van der Waals surface area contributed by atoms with Crippen LogP contribution in [0.1, 0.15) is 427 Å². The van der Waals surface area contributed by atoms with Crippen molar-refractivity contribution in [3.63, 3.8) is 0 Å². The number of esters is 4. The molecule has 0 saturated heterocycles. The van der Waals surface area contributed by atoms with Gasteiger partial charge in [-0.1, -0.05) is 376 Å². The number of aliphatic hydroxyl groups excluding tert-OH is 1. The Balaban J connectivity index is 5.20. The van der Waals surface area contributed by atoms with E-state index in [9.17, 15) is 43.2 Å². The molecule has 4 unspecified atom stereocenters. The number of carbonyl (C=O) groups is 4. The Morgan fingerprint density at radius 3 is 0.752 bits per heavy atom. The first-order chi connectivity index (χ1) is 48.8. The highest BCUT2D eigenvalue weighted by molar-refractivity contribution is 7.47. The lowest BCUT2D eigenvalue weighted by Crippen LogP contribution is -2.30. The number of ether oxygens (including phenoxy) is 4. The molecule has 0 rings (SSSR count). The SMILES string of the molecule is CCCCCCCCCCCCCCCCCCCCCCCCC(=O)O[C@H](COC(=O)CCCCCCCCCCCCCCCCC(C)CC)COP(=O)(O)OC[C@@H](O)COP(=O)(O)OC[C@@H](COC(=O)CCCCCCCCC(C)CC)OC(=O)CCCCCCCCCCC(C)C. The van der Waals surface area contributed by atoms with Crippen LogP contribution < -0.4 is 0 Å². The minimum atomic E-state index is -4.96. The minimum absolute atomic E-state index is 0.104. The van der Waals surface area contributed by atoms with Gasteiger partial charge in [0.25, 0.3) is 0 Å². The quantitative estimate of drug-likeness (QED) is 0.0222. The lowest BCUT2D eigenvalue weighted by atomic mass is 9.99. The predicted octanol–water partition coefficient (Wildman–Crippen LogP) is 24.5. The van der Waals surface area contributed by atoms with E-state index in [0.29, 0.717) is 25.7 Å². The summed E-state index contributed by atoms with van der Waals surface area (Å²) in [6.45, 7) is 11.9. The summed E-state index contributed by atoms with van der Waals surface area (Å²) in [5, 5.41) is 10.6. The van der Waals surface area contributed by atoms with Crippen LogP contribution in [0.25, 0.3) is 0 Å². The molecule has 0 amide bonds. The van der Waals surface area contributed by atoms with Gasteiger partial charge in [0.1, 0.15) is 19.3 Å². The maximum Gasteiger partial charge on any atom is 0.472 e. The molecule has 3 N–H and O–H groups in total. The van der Waals surface area contributed by atoms with E-state index in [2.05, 4.69) is 48.5 Å². The van der Waals surface area contributed by atoms with Crippen molar-refractivity contribution in [2.45, 2.75) is 446 Å². The second kappa shape index (κ2) is 72.3. The maximum absolute atomic E-state index is 13.1. The van der Waals surface area contributed by atoms with E-state index in [4.69, 9.17) is 37.0 Å². The molecule has 0 aliphatic rings. The van der Waals surface area contributed by atoms with Gasteiger partial charge in [-0.3, -0.25) is 37.3 Å². The van der Waals surface area contributed by atoms with Gasteiger partial charge in [-0.15, -0.1) is 0 Å². The second-order valence-electron chi connectivity index (χ2n) is 30.5. The van der Waals surface area contributed by atoms with Crippen molar-refractivity contribution in [1.82, 2.24) is 0 Å². The summed E-state index contributed by atoms with van der Waals surface area (Å²) in [4.78, 5) is 73.0. The molecule has 0 radical (unpaired) electrons. The Morgan fingerprint density at radius 2 is 0.505 bits per heavy atom. The molecule has 19 heteroatoms. The smallest absolute Gasteiger partial charge is 0.462 e. The zero-order valence-electron chi connectivity index (χ0n) is 66.4. The number of phosphoric acid groups is 2. The molecule has 17 nitrogen and oxygen atoms in total. The van der Waals surface area contributed by atoms with E-state index in [1.807, 2.05) is 0 Å². The topological polar surface area (TPSA) is 237 Å². The van der Waals surface area contributed by atoms with Crippen LogP contribution in [0.15, 0.2) is 0 Å². The van der Waals surface area contributed by atoms with Crippen LogP contribution in [0.3, 0.4) is 0 Å². The molecule has 101 heavy (non-hydrogen) atoms. The Bertz CT molecular complexity index is 1960. The monoisotopic (exact) mass is 1480 g/mol. The summed E-state index contributed by atoms with van der Waals surface area (Å²) in [5.74, 6) is 0.184.